The molecule has 24 heavy (non-hydrogen) atoms. The van der Waals surface area contributed by atoms with Crippen LogP contribution in [0.15, 0.2) is 18.5 Å². The van der Waals surface area contributed by atoms with Gasteiger partial charge in [-0.3, -0.25) is 0 Å². The molecule has 0 aliphatic carbocycles. The Hall–Kier alpha value is -1.86. The van der Waals surface area contributed by atoms with Crippen molar-refractivity contribution in [2.45, 2.75) is 31.8 Å². The van der Waals surface area contributed by atoms with Crippen molar-refractivity contribution in [2.75, 3.05) is 24.6 Å². The van der Waals surface area contributed by atoms with Crippen LogP contribution in [0.3, 0.4) is 0 Å². The van der Waals surface area contributed by atoms with Gasteiger partial charge in [0, 0.05) is 45.0 Å². The van der Waals surface area contributed by atoms with Crippen LogP contribution in [0, 0.1) is 0 Å². The Kier molecular flexibility index (Phi) is 4.91. The highest BCUT2D eigenvalue weighted by Crippen LogP contribution is 2.26. The number of piperidine rings is 1. The molecule has 7 nitrogen and oxygen atoms in total. The number of anilines is 1. The van der Waals surface area contributed by atoms with E-state index in [0.717, 1.165) is 25.2 Å². The summed E-state index contributed by atoms with van der Waals surface area (Å²) in [7, 11) is 1.94. The molecule has 1 N–H and O–H groups in total. The van der Waals surface area contributed by atoms with Gasteiger partial charge in [0.1, 0.15) is 16.8 Å². The minimum atomic E-state index is -0.713. The maximum Gasteiger partial charge on any atom is 0.319 e. The molecule has 0 spiro atoms. The van der Waals surface area contributed by atoms with Crippen LogP contribution < -0.4 is 9.64 Å². The van der Waals surface area contributed by atoms with Crippen molar-refractivity contribution in [3.8, 4) is 6.01 Å². The topological polar surface area (TPSA) is 76.3 Å². The van der Waals surface area contributed by atoms with E-state index in [2.05, 4.69) is 15.0 Å². The lowest BCUT2D eigenvalue weighted by molar-refractivity contribution is 0.0446. The fourth-order valence-electron chi connectivity index (χ4n) is 2.90. The molecule has 1 saturated heterocycles. The zero-order valence-corrected chi connectivity index (χ0v) is 14.7. The van der Waals surface area contributed by atoms with Crippen LogP contribution in [0.5, 0.6) is 6.01 Å². The molecule has 0 bridgehead atoms. The van der Waals surface area contributed by atoms with E-state index in [1.807, 2.05) is 29.6 Å². The molecule has 0 aromatic carbocycles. The molecule has 3 rings (SSSR count). The standard InChI is InChI=1S/C16H22ClN5O2/c1-16(23)5-3-7-22(11-16)14-10-12(17)19-15(20-14)24-9-4-13-18-6-8-21(13)2/h6,8,10,23H,3-5,7,9,11H2,1-2H3/t16-/m1/s1. The van der Waals surface area contributed by atoms with Crippen molar-refractivity contribution in [3.05, 3.63) is 29.4 Å². The number of aryl methyl sites for hydroxylation is 1. The van der Waals surface area contributed by atoms with Gasteiger partial charge in [0.25, 0.3) is 0 Å². The van der Waals surface area contributed by atoms with Gasteiger partial charge in [-0.05, 0) is 19.8 Å². The summed E-state index contributed by atoms with van der Waals surface area (Å²) in [5.74, 6) is 1.62. The van der Waals surface area contributed by atoms with Crippen LogP contribution in [0.1, 0.15) is 25.6 Å². The molecule has 8 heteroatoms. The van der Waals surface area contributed by atoms with Crippen molar-refractivity contribution >= 4 is 17.4 Å². The summed E-state index contributed by atoms with van der Waals surface area (Å²) >= 11 is 6.11. The Labute approximate surface area is 146 Å². The van der Waals surface area contributed by atoms with E-state index >= 15 is 0 Å². The largest absolute Gasteiger partial charge is 0.463 e. The van der Waals surface area contributed by atoms with Gasteiger partial charge in [-0.2, -0.15) is 9.97 Å². The van der Waals surface area contributed by atoms with E-state index in [1.165, 1.54) is 0 Å². The van der Waals surface area contributed by atoms with Crippen molar-refractivity contribution in [3.63, 3.8) is 0 Å². The highest BCUT2D eigenvalue weighted by atomic mass is 35.5. The van der Waals surface area contributed by atoms with Gasteiger partial charge in [-0.1, -0.05) is 11.6 Å². The van der Waals surface area contributed by atoms with Crippen molar-refractivity contribution < 1.29 is 9.84 Å². The average molecular weight is 352 g/mol. The molecular formula is C16H22ClN5O2. The van der Waals surface area contributed by atoms with Gasteiger partial charge in [0.15, 0.2) is 0 Å². The molecule has 1 atom stereocenters. The molecule has 2 aromatic heterocycles. The summed E-state index contributed by atoms with van der Waals surface area (Å²) < 4.78 is 7.60. The van der Waals surface area contributed by atoms with Crippen molar-refractivity contribution in [2.24, 2.45) is 7.05 Å². The fourth-order valence-corrected chi connectivity index (χ4v) is 3.07. The second-order valence-electron chi connectivity index (χ2n) is 6.41. The number of aliphatic hydroxyl groups is 1. The number of β-amino-alcohol motifs (C(OH)–C–C–N with tert-alkyl or cyclic N) is 1. The Morgan fingerprint density at radius 3 is 2.96 bits per heavy atom. The lowest BCUT2D eigenvalue weighted by atomic mass is 9.95. The third-order valence-electron chi connectivity index (χ3n) is 4.14. The van der Waals surface area contributed by atoms with Gasteiger partial charge in [-0.15, -0.1) is 0 Å². The summed E-state index contributed by atoms with van der Waals surface area (Å²) in [5, 5.41) is 10.6. The highest BCUT2D eigenvalue weighted by Gasteiger charge is 2.29. The third kappa shape index (κ3) is 4.15. The van der Waals surface area contributed by atoms with Crippen LogP contribution in [-0.2, 0) is 13.5 Å². The van der Waals surface area contributed by atoms with Gasteiger partial charge >= 0.3 is 6.01 Å². The van der Waals surface area contributed by atoms with Crippen LogP contribution in [0.25, 0.3) is 0 Å². The van der Waals surface area contributed by atoms with Crippen LogP contribution >= 0.6 is 11.6 Å². The zero-order chi connectivity index (χ0) is 17.2. The van der Waals surface area contributed by atoms with E-state index < -0.39 is 5.60 Å². The van der Waals surface area contributed by atoms with Crippen LogP contribution in [0.2, 0.25) is 5.15 Å². The first-order valence-corrected chi connectivity index (χ1v) is 8.42. The summed E-state index contributed by atoms with van der Waals surface area (Å²) in [6.07, 6.45) is 6.00. The maximum absolute atomic E-state index is 10.3. The van der Waals surface area contributed by atoms with Gasteiger partial charge in [0.05, 0.1) is 12.2 Å². The molecule has 1 fully saturated rings. The SMILES string of the molecule is Cn1ccnc1CCOc1nc(Cl)cc(N2CCC[C@@](C)(O)C2)n1. The number of hydrogen-bond acceptors (Lipinski definition) is 6. The molecule has 0 unspecified atom stereocenters. The molecular weight excluding hydrogens is 330 g/mol. The fraction of sp³-hybridized carbons (Fsp3) is 0.562. The monoisotopic (exact) mass is 351 g/mol. The lowest BCUT2D eigenvalue weighted by Gasteiger charge is -2.37. The first kappa shape index (κ1) is 17.0. The number of nitrogens with zero attached hydrogens (tertiary/aromatic N) is 5. The molecule has 1 aliphatic rings. The van der Waals surface area contributed by atoms with Crippen LogP contribution in [0.4, 0.5) is 5.82 Å². The second kappa shape index (κ2) is 6.94. The summed E-state index contributed by atoms with van der Waals surface area (Å²) in [6.45, 7) is 3.61. The summed E-state index contributed by atoms with van der Waals surface area (Å²) in [6, 6.07) is 1.95. The Balaban J connectivity index is 1.66. The molecule has 1 aliphatic heterocycles. The molecule has 3 heterocycles. The Morgan fingerprint density at radius 2 is 2.25 bits per heavy atom. The smallest absolute Gasteiger partial charge is 0.319 e. The van der Waals surface area contributed by atoms with E-state index in [4.69, 9.17) is 16.3 Å². The molecule has 0 radical (unpaired) electrons. The third-order valence-corrected chi connectivity index (χ3v) is 4.33. The summed E-state index contributed by atoms with van der Waals surface area (Å²) in [5.41, 5.74) is -0.713. The predicted octanol–water partition coefficient (Wildman–Crippen LogP) is 1.84. The maximum atomic E-state index is 10.3. The molecule has 130 valence electrons. The number of halogens is 1. The molecule has 2 aromatic rings. The van der Waals surface area contributed by atoms with E-state index in [1.54, 1.807) is 12.3 Å². The number of hydrogen-bond donors (Lipinski definition) is 1. The van der Waals surface area contributed by atoms with E-state index in [-0.39, 0.29) is 6.01 Å². The van der Waals surface area contributed by atoms with Crippen molar-refractivity contribution in [1.29, 1.82) is 0 Å². The molecule has 0 amide bonds. The van der Waals surface area contributed by atoms with Gasteiger partial charge in [0.2, 0.25) is 0 Å². The summed E-state index contributed by atoms with van der Waals surface area (Å²) in [4.78, 5) is 14.8. The minimum absolute atomic E-state index is 0.247. The predicted molar refractivity (Wildman–Crippen MR) is 91.5 cm³/mol. The van der Waals surface area contributed by atoms with E-state index in [9.17, 15) is 5.11 Å². The number of imidazole rings is 1. The quantitative estimate of drug-likeness (QED) is 0.828. The molecule has 0 saturated carbocycles. The second-order valence-corrected chi connectivity index (χ2v) is 6.79. The van der Waals surface area contributed by atoms with E-state index in [0.29, 0.717) is 30.5 Å². The number of aromatic nitrogens is 4. The highest BCUT2D eigenvalue weighted by molar-refractivity contribution is 6.29. The van der Waals surface area contributed by atoms with Crippen molar-refractivity contribution in [1.82, 2.24) is 19.5 Å². The normalized spacial score (nSPS) is 21.1. The van der Waals surface area contributed by atoms with Gasteiger partial charge in [-0.25, -0.2) is 4.98 Å². The lowest BCUT2D eigenvalue weighted by Crippen LogP contribution is -2.46. The number of rotatable bonds is 5. The Morgan fingerprint density at radius 1 is 1.42 bits per heavy atom. The minimum Gasteiger partial charge on any atom is -0.463 e. The zero-order valence-electron chi connectivity index (χ0n) is 13.9. The first-order chi connectivity index (χ1) is 11.4. The average Bonchev–Trinajstić information content (AvgIpc) is 2.91. The van der Waals surface area contributed by atoms with Gasteiger partial charge < -0.3 is 19.3 Å². The first-order valence-electron chi connectivity index (χ1n) is 8.04. The Bertz CT molecular complexity index is 704. The number of ether oxygens (including phenoxy) is 1. The van der Waals surface area contributed by atoms with Crippen LogP contribution in [-0.4, -0.2) is 49.9 Å².